The zero-order valence-corrected chi connectivity index (χ0v) is 32.3. The summed E-state index contributed by atoms with van der Waals surface area (Å²) in [6.45, 7) is 9.31. The predicted octanol–water partition coefficient (Wildman–Crippen LogP) is -1.000. The average molecular weight is 777 g/mol. The highest BCUT2D eigenvalue weighted by molar-refractivity contribution is 5.13. The summed E-state index contributed by atoms with van der Waals surface area (Å²) in [5, 5.41) is 117. The van der Waals surface area contributed by atoms with Gasteiger partial charge in [-0.05, 0) is 104 Å². The van der Waals surface area contributed by atoms with Gasteiger partial charge in [0.2, 0.25) is 0 Å². The Hall–Kier alpha value is -0.600. The van der Waals surface area contributed by atoms with Crippen LogP contribution < -0.4 is 0 Å². The van der Waals surface area contributed by atoms with Crippen LogP contribution in [0.25, 0.3) is 0 Å². The Balaban J connectivity index is 1.09. The highest BCUT2D eigenvalue weighted by atomic mass is 16.7. The maximum atomic E-state index is 11.8. The third kappa shape index (κ3) is 7.68. The Morgan fingerprint density at radius 3 is 1.93 bits per heavy atom. The van der Waals surface area contributed by atoms with Gasteiger partial charge in [-0.15, -0.1) is 0 Å². The quantitative estimate of drug-likeness (QED) is 0.113. The second kappa shape index (κ2) is 16.6. The minimum atomic E-state index is -1.67. The van der Waals surface area contributed by atoms with Crippen LogP contribution in [0.3, 0.4) is 0 Å². The van der Waals surface area contributed by atoms with Crippen molar-refractivity contribution in [2.24, 2.45) is 52.3 Å². The number of hydrogen-bond donors (Lipinski definition) is 11. The fraction of sp³-hybridized carbons (Fsp3) is 1.00. The summed E-state index contributed by atoms with van der Waals surface area (Å²) >= 11 is 0. The Morgan fingerprint density at radius 2 is 1.28 bits per heavy atom. The highest BCUT2D eigenvalue weighted by Crippen LogP contribution is 2.68. The molecule has 6 fully saturated rings. The SMILES string of the molecule is CC(C)[C@H](O)[C@H](O)C[C@@H](C)[C@H]1[C@@H](O)C[C@H]2[C@@H]3C[C@@H](O)[C@H]4C[C@@H](O[C@@H]5O[C@H](CO[C@@H]6O[C@H](CO)[C@@H](O)[C@H](O)[C@H]6O)[C@@H](O)[C@H](O)[C@H]5O)CC[C@]4(C)[C@H]3CC[C@]12C. The maximum absolute atomic E-state index is 11.8. The molecule has 54 heavy (non-hydrogen) atoms. The summed E-state index contributed by atoms with van der Waals surface area (Å²) in [5.74, 6) is 0.589. The van der Waals surface area contributed by atoms with Gasteiger partial charge >= 0.3 is 0 Å². The Labute approximate surface area is 318 Å². The van der Waals surface area contributed by atoms with E-state index in [0.29, 0.717) is 38.0 Å². The third-order valence-electron chi connectivity index (χ3n) is 15.3. The highest BCUT2D eigenvalue weighted by Gasteiger charge is 2.64. The number of rotatable bonds is 11. The van der Waals surface area contributed by atoms with E-state index in [2.05, 4.69) is 20.8 Å². The number of fused-ring (bicyclic) bond motifs is 5. The molecule has 314 valence electrons. The summed E-state index contributed by atoms with van der Waals surface area (Å²) in [7, 11) is 0. The summed E-state index contributed by atoms with van der Waals surface area (Å²) < 4.78 is 23.1. The lowest BCUT2D eigenvalue weighted by Crippen LogP contribution is -2.62. The summed E-state index contributed by atoms with van der Waals surface area (Å²) in [4.78, 5) is 0. The first-order valence-corrected chi connectivity index (χ1v) is 20.3. The number of ether oxygens (including phenoxy) is 4. The molecule has 23 atom stereocenters. The molecule has 0 bridgehead atoms. The lowest BCUT2D eigenvalue weighted by Gasteiger charge is -2.62. The van der Waals surface area contributed by atoms with Crippen molar-refractivity contribution in [1.82, 2.24) is 0 Å². The zero-order valence-electron chi connectivity index (χ0n) is 32.3. The van der Waals surface area contributed by atoms with Gasteiger partial charge < -0.3 is 75.1 Å². The molecule has 6 aliphatic rings. The lowest BCUT2D eigenvalue weighted by atomic mass is 9.43. The van der Waals surface area contributed by atoms with Crippen LogP contribution in [-0.4, -0.2) is 161 Å². The second-order valence-electron chi connectivity index (χ2n) is 18.8. The van der Waals surface area contributed by atoms with E-state index in [4.69, 9.17) is 18.9 Å². The van der Waals surface area contributed by atoms with Crippen LogP contribution in [0, 0.1) is 52.3 Å². The van der Waals surface area contributed by atoms with E-state index in [1.165, 1.54) is 0 Å². The van der Waals surface area contributed by atoms with Crippen molar-refractivity contribution in [3.8, 4) is 0 Å². The lowest BCUT2D eigenvalue weighted by molar-refractivity contribution is -0.338. The van der Waals surface area contributed by atoms with Crippen molar-refractivity contribution in [1.29, 1.82) is 0 Å². The van der Waals surface area contributed by atoms with Crippen LogP contribution in [-0.2, 0) is 18.9 Å². The minimum absolute atomic E-state index is 0.00950. The first kappa shape index (κ1) is 43.0. The standard InChI is InChI=1S/C39H68O15/c1-16(2)29(44)25(43)10-17(3)28-24(42)13-21-19-12-23(41)22-11-18(6-8-38(22,4)20(19)7-9-39(21,28)5)52-37-35(50)33(48)31(46)27(54-37)15-51-36-34(49)32(47)30(45)26(14-40)53-36/h16-37,40-50H,6-15H2,1-5H3/t17-,18+,19-,20+,21+,22-,23-,24+,25-,26-,27-,28+,29+,30-,31-,32+,33+,34-,35-,36-,37-,38-,39+/m1/s1. The number of aliphatic hydroxyl groups is 11. The molecule has 0 aromatic rings. The van der Waals surface area contributed by atoms with Gasteiger partial charge in [-0.3, -0.25) is 0 Å². The van der Waals surface area contributed by atoms with E-state index in [-0.39, 0.29) is 46.3 Å². The van der Waals surface area contributed by atoms with Gasteiger partial charge in [-0.25, -0.2) is 0 Å². The minimum Gasteiger partial charge on any atom is -0.394 e. The molecule has 0 aromatic carbocycles. The van der Waals surface area contributed by atoms with E-state index in [0.717, 1.165) is 19.3 Å². The predicted molar refractivity (Wildman–Crippen MR) is 190 cm³/mol. The van der Waals surface area contributed by atoms with Gasteiger partial charge in [0.15, 0.2) is 12.6 Å². The molecule has 0 spiro atoms. The van der Waals surface area contributed by atoms with Gasteiger partial charge in [-0.2, -0.15) is 0 Å². The molecule has 2 heterocycles. The Bertz CT molecular complexity index is 1240. The fourth-order valence-corrected chi connectivity index (χ4v) is 12.3. The molecule has 0 unspecified atom stereocenters. The number of aliphatic hydroxyl groups excluding tert-OH is 11. The molecule has 0 amide bonds. The van der Waals surface area contributed by atoms with E-state index in [9.17, 15) is 56.2 Å². The van der Waals surface area contributed by atoms with E-state index < -0.39 is 105 Å². The summed E-state index contributed by atoms with van der Waals surface area (Å²) in [6, 6.07) is 0. The molecule has 15 nitrogen and oxygen atoms in total. The maximum Gasteiger partial charge on any atom is 0.186 e. The molecular formula is C39H68O15. The van der Waals surface area contributed by atoms with Crippen molar-refractivity contribution in [2.75, 3.05) is 13.2 Å². The van der Waals surface area contributed by atoms with Gasteiger partial charge in [0.25, 0.3) is 0 Å². The smallest absolute Gasteiger partial charge is 0.186 e. The topological polar surface area (TPSA) is 259 Å². The Morgan fingerprint density at radius 1 is 0.667 bits per heavy atom. The molecule has 0 radical (unpaired) electrons. The van der Waals surface area contributed by atoms with Crippen LogP contribution in [0.5, 0.6) is 0 Å². The third-order valence-corrected chi connectivity index (χ3v) is 15.3. The van der Waals surface area contributed by atoms with Crippen molar-refractivity contribution >= 4 is 0 Å². The second-order valence-corrected chi connectivity index (χ2v) is 18.8. The Kier molecular flexibility index (Phi) is 13.2. The molecule has 15 heteroatoms. The fourth-order valence-electron chi connectivity index (χ4n) is 12.3. The molecular weight excluding hydrogens is 708 g/mol. The monoisotopic (exact) mass is 776 g/mol. The van der Waals surface area contributed by atoms with Crippen LogP contribution in [0.1, 0.15) is 86.0 Å². The molecule has 4 aliphatic carbocycles. The molecule has 2 saturated heterocycles. The van der Waals surface area contributed by atoms with Crippen molar-refractivity contribution < 1.29 is 75.1 Å². The van der Waals surface area contributed by atoms with Gasteiger partial charge in [0, 0.05) is 0 Å². The van der Waals surface area contributed by atoms with Crippen LogP contribution in [0.2, 0.25) is 0 Å². The molecule has 0 aromatic heterocycles. The molecule has 11 N–H and O–H groups in total. The van der Waals surface area contributed by atoms with Crippen molar-refractivity contribution in [2.45, 2.75) is 178 Å². The zero-order chi connectivity index (χ0) is 39.6. The number of hydrogen-bond acceptors (Lipinski definition) is 15. The first-order valence-electron chi connectivity index (χ1n) is 20.3. The van der Waals surface area contributed by atoms with Crippen molar-refractivity contribution in [3.05, 3.63) is 0 Å². The van der Waals surface area contributed by atoms with Crippen LogP contribution in [0.4, 0.5) is 0 Å². The van der Waals surface area contributed by atoms with Gasteiger partial charge in [-0.1, -0.05) is 34.6 Å². The summed E-state index contributed by atoms with van der Waals surface area (Å²) in [6.07, 6.45) is -12.8. The summed E-state index contributed by atoms with van der Waals surface area (Å²) in [5.41, 5.74) is -0.353. The van der Waals surface area contributed by atoms with Crippen molar-refractivity contribution in [3.63, 3.8) is 0 Å². The van der Waals surface area contributed by atoms with Crippen LogP contribution >= 0.6 is 0 Å². The van der Waals surface area contributed by atoms with Gasteiger partial charge in [0.1, 0.15) is 48.8 Å². The van der Waals surface area contributed by atoms with E-state index in [1.807, 2.05) is 13.8 Å². The van der Waals surface area contributed by atoms with Crippen LogP contribution in [0.15, 0.2) is 0 Å². The van der Waals surface area contributed by atoms with Gasteiger partial charge in [0.05, 0.1) is 43.7 Å². The molecule has 4 saturated carbocycles. The normalized spacial score (nSPS) is 52.6. The van der Waals surface area contributed by atoms with E-state index >= 15 is 0 Å². The molecule has 6 rings (SSSR count). The average Bonchev–Trinajstić information content (AvgIpc) is 3.41. The first-order chi connectivity index (χ1) is 25.3. The van der Waals surface area contributed by atoms with E-state index in [1.54, 1.807) is 0 Å². The largest absolute Gasteiger partial charge is 0.394 e. The molecule has 2 aliphatic heterocycles.